The number of rotatable bonds is 6. The summed E-state index contributed by atoms with van der Waals surface area (Å²) in [5.41, 5.74) is 3.98. The Labute approximate surface area is 152 Å². The Morgan fingerprint density at radius 2 is 1.88 bits per heavy atom. The van der Waals surface area contributed by atoms with Crippen LogP contribution in [0.25, 0.3) is 5.57 Å². The van der Waals surface area contributed by atoms with E-state index in [1.807, 2.05) is 13.8 Å². The highest BCUT2D eigenvalue weighted by Crippen LogP contribution is 2.23. The minimum Gasteiger partial charge on any atom is -0.503 e. The van der Waals surface area contributed by atoms with Crippen molar-refractivity contribution in [2.75, 3.05) is 14.2 Å². The second-order valence-corrected chi connectivity index (χ2v) is 5.56. The van der Waals surface area contributed by atoms with E-state index < -0.39 is 5.97 Å². The van der Waals surface area contributed by atoms with Gasteiger partial charge in [0.1, 0.15) is 5.57 Å². The fourth-order valence-corrected chi connectivity index (χ4v) is 2.45. The summed E-state index contributed by atoms with van der Waals surface area (Å²) in [4.78, 5) is 20.9. The Morgan fingerprint density at radius 3 is 2.46 bits per heavy atom. The highest BCUT2D eigenvalue weighted by molar-refractivity contribution is 6.19. The molecular weight excluding hydrogens is 334 g/mol. The molecule has 0 unspecified atom stereocenters. The average Bonchev–Trinajstić information content (AvgIpc) is 2.66. The highest BCUT2D eigenvalue weighted by atomic mass is 16.5. The summed E-state index contributed by atoms with van der Waals surface area (Å²) in [5, 5.41) is 13.0. The van der Waals surface area contributed by atoms with Crippen molar-refractivity contribution in [1.82, 2.24) is 9.97 Å². The number of nitrogens with zero attached hydrogens (tertiary/aromatic N) is 3. The molecule has 0 radical (unpaired) electrons. The number of aryl methyl sites for hydroxylation is 2. The second kappa shape index (κ2) is 8.75. The first-order valence-corrected chi connectivity index (χ1v) is 7.92. The number of ether oxygens (including phenoxy) is 2. The Balaban J connectivity index is 2.47. The van der Waals surface area contributed by atoms with Gasteiger partial charge in [0.25, 0.3) is 0 Å². The molecule has 1 heterocycles. The van der Waals surface area contributed by atoms with Crippen molar-refractivity contribution < 1.29 is 19.5 Å². The second-order valence-electron chi connectivity index (χ2n) is 5.56. The number of benzene rings is 1. The van der Waals surface area contributed by atoms with Gasteiger partial charge in [-0.15, -0.1) is 0 Å². The predicted molar refractivity (Wildman–Crippen MR) is 97.0 cm³/mol. The lowest BCUT2D eigenvalue weighted by Crippen LogP contribution is -2.13. The van der Waals surface area contributed by atoms with Crippen LogP contribution in [0.3, 0.4) is 0 Å². The van der Waals surface area contributed by atoms with Gasteiger partial charge in [-0.05, 0) is 13.8 Å². The quantitative estimate of drug-likeness (QED) is 0.214. The van der Waals surface area contributed by atoms with E-state index in [-0.39, 0.29) is 12.0 Å². The van der Waals surface area contributed by atoms with Crippen molar-refractivity contribution >= 4 is 17.3 Å². The van der Waals surface area contributed by atoms with E-state index in [0.717, 1.165) is 11.4 Å². The van der Waals surface area contributed by atoms with Gasteiger partial charge in [-0.25, -0.2) is 4.79 Å². The van der Waals surface area contributed by atoms with Crippen molar-refractivity contribution in [3.63, 3.8) is 0 Å². The predicted octanol–water partition coefficient (Wildman–Crippen LogP) is 2.67. The summed E-state index contributed by atoms with van der Waals surface area (Å²) in [5.74, 6) is -0.553. The molecule has 0 amide bonds. The van der Waals surface area contributed by atoms with Gasteiger partial charge in [0.15, 0.2) is 0 Å². The van der Waals surface area contributed by atoms with Crippen LogP contribution < -0.4 is 0 Å². The van der Waals surface area contributed by atoms with E-state index >= 15 is 0 Å². The van der Waals surface area contributed by atoms with Gasteiger partial charge in [-0.3, -0.25) is 9.97 Å². The van der Waals surface area contributed by atoms with E-state index in [1.165, 1.54) is 20.5 Å². The number of hydrogen-bond donors (Lipinski definition) is 1. The van der Waals surface area contributed by atoms with E-state index in [9.17, 15) is 10.0 Å². The van der Waals surface area contributed by atoms with Gasteiger partial charge in [0.05, 0.1) is 43.3 Å². The van der Waals surface area contributed by atoms with Gasteiger partial charge < -0.3 is 14.7 Å². The number of hydrogen-bond acceptors (Lipinski definition) is 7. The summed E-state index contributed by atoms with van der Waals surface area (Å²) in [7, 11) is 2.73. The number of methoxy groups -OCH3 is 2. The van der Waals surface area contributed by atoms with Crippen LogP contribution in [0, 0.1) is 13.8 Å². The van der Waals surface area contributed by atoms with Crippen LogP contribution in [0.5, 0.6) is 0 Å². The molecule has 0 fully saturated rings. The molecule has 1 N–H and O–H groups in total. The minimum atomic E-state index is -0.553. The molecule has 0 atom stereocenters. The first-order valence-electron chi connectivity index (χ1n) is 7.92. The molecule has 0 spiro atoms. The molecule has 0 bridgehead atoms. The fourth-order valence-electron chi connectivity index (χ4n) is 2.45. The molecule has 136 valence electrons. The van der Waals surface area contributed by atoms with Gasteiger partial charge >= 0.3 is 5.97 Å². The van der Waals surface area contributed by atoms with E-state index in [2.05, 4.69) is 15.1 Å². The van der Waals surface area contributed by atoms with Gasteiger partial charge in [0, 0.05) is 23.7 Å². The van der Waals surface area contributed by atoms with Crippen LogP contribution in [0.2, 0.25) is 0 Å². The van der Waals surface area contributed by atoms with E-state index in [4.69, 9.17) is 9.47 Å². The molecule has 0 aliphatic heterocycles. The lowest BCUT2D eigenvalue weighted by atomic mass is 9.95. The molecule has 0 aliphatic rings. The van der Waals surface area contributed by atoms with Crippen LogP contribution in [-0.2, 0) is 20.7 Å². The molecule has 1 aromatic heterocycles. The number of esters is 1. The molecule has 7 nitrogen and oxygen atoms in total. The normalized spacial score (nSPS) is 12.0. The number of carbonyl (C=O) groups excluding carboxylic acids is 1. The third-order valence-corrected chi connectivity index (χ3v) is 3.88. The Bertz CT molecular complexity index is 860. The standard InChI is InChI=1S/C19H21N3O4/c1-12-13(2)21-14(10-20-12)9-18(22-24)16-8-6-5-7-15(16)17(11-25-3)19(23)26-4/h5-8,10-11,24H,9H2,1-4H3. The van der Waals surface area contributed by atoms with Crippen LogP contribution in [-0.4, -0.2) is 41.1 Å². The maximum atomic E-state index is 12.1. The summed E-state index contributed by atoms with van der Waals surface area (Å²) in [6.07, 6.45) is 3.20. The Morgan fingerprint density at radius 1 is 1.19 bits per heavy atom. The van der Waals surface area contributed by atoms with Crippen molar-refractivity contribution in [2.45, 2.75) is 20.3 Å². The van der Waals surface area contributed by atoms with Crippen LogP contribution in [0.4, 0.5) is 0 Å². The number of aromatic nitrogens is 2. The summed E-state index contributed by atoms with van der Waals surface area (Å²) in [6.45, 7) is 3.74. The maximum Gasteiger partial charge on any atom is 0.341 e. The third kappa shape index (κ3) is 4.24. The van der Waals surface area contributed by atoms with Gasteiger partial charge in [0.2, 0.25) is 0 Å². The van der Waals surface area contributed by atoms with Crippen molar-refractivity contribution in [3.8, 4) is 0 Å². The maximum absolute atomic E-state index is 12.1. The monoisotopic (exact) mass is 355 g/mol. The van der Waals surface area contributed by atoms with Crippen LogP contribution in [0.15, 0.2) is 41.9 Å². The summed E-state index contributed by atoms with van der Waals surface area (Å²) >= 11 is 0. The first-order chi connectivity index (χ1) is 12.5. The molecular formula is C19H21N3O4. The zero-order valence-corrected chi connectivity index (χ0v) is 15.2. The van der Waals surface area contributed by atoms with Crippen molar-refractivity contribution in [1.29, 1.82) is 0 Å². The van der Waals surface area contributed by atoms with Crippen LogP contribution >= 0.6 is 0 Å². The molecule has 26 heavy (non-hydrogen) atoms. The molecule has 0 saturated heterocycles. The molecule has 0 aliphatic carbocycles. The van der Waals surface area contributed by atoms with Crippen LogP contribution in [0.1, 0.15) is 28.2 Å². The molecule has 0 saturated carbocycles. The molecule has 2 rings (SSSR count). The Kier molecular flexibility index (Phi) is 6.43. The number of carbonyl (C=O) groups is 1. The lowest BCUT2D eigenvalue weighted by Gasteiger charge is -2.13. The fraction of sp³-hybridized carbons (Fsp3) is 0.263. The van der Waals surface area contributed by atoms with Crippen molar-refractivity contribution in [3.05, 3.63) is 64.9 Å². The summed E-state index contributed by atoms with van der Waals surface area (Å²) < 4.78 is 9.83. The SMILES string of the molecule is COC=C(C(=O)OC)c1ccccc1C(Cc1cnc(C)c(C)n1)=NO. The number of oxime groups is 1. The van der Waals surface area contributed by atoms with Crippen molar-refractivity contribution in [2.24, 2.45) is 5.16 Å². The lowest BCUT2D eigenvalue weighted by molar-refractivity contribution is -0.133. The highest BCUT2D eigenvalue weighted by Gasteiger charge is 2.20. The van der Waals surface area contributed by atoms with E-state index in [1.54, 1.807) is 30.5 Å². The van der Waals surface area contributed by atoms with E-state index in [0.29, 0.717) is 22.5 Å². The zero-order valence-electron chi connectivity index (χ0n) is 15.2. The molecule has 1 aromatic carbocycles. The average molecular weight is 355 g/mol. The smallest absolute Gasteiger partial charge is 0.341 e. The first kappa shape index (κ1) is 19.1. The van der Waals surface area contributed by atoms with Gasteiger partial charge in [-0.2, -0.15) is 0 Å². The summed E-state index contributed by atoms with van der Waals surface area (Å²) in [6, 6.07) is 7.05. The molecule has 2 aromatic rings. The molecule has 7 heteroatoms. The third-order valence-electron chi connectivity index (χ3n) is 3.88. The Hall–Kier alpha value is -3.22. The minimum absolute atomic E-state index is 0.220. The van der Waals surface area contributed by atoms with Gasteiger partial charge in [-0.1, -0.05) is 29.4 Å². The zero-order chi connectivity index (χ0) is 19.1. The largest absolute Gasteiger partial charge is 0.503 e. The topological polar surface area (TPSA) is 93.9 Å².